The van der Waals surface area contributed by atoms with E-state index in [1.54, 1.807) is 29.6 Å². The van der Waals surface area contributed by atoms with Crippen LogP contribution in [0.3, 0.4) is 0 Å². The van der Waals surface area contributed by atoms with Gasteiger partial charge in [0.05, 0.1) is 7.11 Å². The number of tetrazole rings is 1. The van der Waals surface area contributed by atoms with Crippen LogP contribution >= 0.6 is 11.8 Å². The van der Waals surface area contributed by atoms with Crippen molar-refractivity contribution in [2.75, 3.05) is 26.0 Å². The topological polar surface area (TPSA) is 74.1 Å². The number of ether oxygens (including phenoxy) is 2. The van der Waals surface area contributed by atoms with Crippen molar-refractivity contribution in [1.29, 1.82) is 0 Å². The maximum atomic E-state index is 5.54. The van der Waals surface area contributed by atoms with Crippen molar-refractivity contribution in [3.05, 3.63) is 36.4 Å². The molecule has 0 aliphatic rings. The largest absolute Gasteiger partial charge is 1.00 e. The molecule has 0 amide bonds. The zero-order chi connectivity index (χ0) is 16.5. The normalized spacial score (nSPS) is 10.1. The summed E-state index contributed by atoms with van der Waals surface area (Å²) < 4.78 is 12.6. The maximum Gasteiger partial charge on any atom is 0.209 e. The predicted molar refractivity (Wildman–Crippen MR) is 89.9 cm³/mol. The third-order valence-corrected chi connectivity index (χ3v) is 4.02. The number of aryl methyl sites for hydroxylation is 1. The van der Waals surface area contributed by atoms with Crippen LogP contribution in [0, 0.1) is 0 Å². The number of nitrogens with zero attached hydrogens (tertiary/aromatic N) is 4. The van der Waals surface area contributed by atoms with Gasteiger partial charge in [-0.15, -0.1) is 5.10 Å². The highest BCUT2D eigenvalue weighted by molar-refractivity contribution is 7.99. The van der Waals surface area contributed by atoms with Crippen LogP contribution in [0.5, 0.6) is 11.5 Å². The van der Waals surface area contributed by atoms with E-state index in [2.05, 4.69) is 27.4 Å². The molecule has 2 aromatic rings. The Labute approximate surface area is 152 Å². The second-order valence-electron chi connectivity index (χ2n) is 4.70. The van der Waals surface area contributed by atoms with E-state index in [1.165, 1.54) is 0 Å². The Morgan fingerprint density at radius 3 is 2.88 bits per heavy atom. The summed E-state index contributed by atoms with van der Waals surface area (Å²) in [5.74, 6) is 2.35. The predicted octanol–water partition coefficient (Wildman–Crippen LogP) is -1.33. The number of thioether (sulfide) groups is 1. The number of rotatable bonds is 10. The van der Waals surface area contributed by atoms with Crippen molar-refractivity contribution in [3.63, 3.8) is 0 Å². The second kappa shape index (κ2) is 10.9. The van der Waals surface area contributed by atoms with Crippen molar-refractivity contribution < 1.29 is 21.9 Å². The number of hydrogen-bond donors (Lipinski definition) is 1. The number of methoxy groups -OCH3 is 1. The van der Waals surface area contributed by atoms with Gasteiger partial charge >= 0.3 is 0 Å². The molecule has 7 nitrogen and oxygen atoms in total. The molecule has 9 heteroatoms. The Bertz CT molecular complexity index is 638. The number of benzene rings is 1. The first-order valence-electron chi connectivity index (χ1n) is 7.21. The highest BCUT2D eigenvalue weighted by Crippen LogP contribution is 2.28. The molecular weight excluding hydrogens is 350 g/mol. The minimum atomic E-state index is 0. The van der Waals surface area contributed by atoms with E-state index in [9.17, 15) is 0 Å². The third-order valence-electron chi connectivity index (χ3n) is 3.01. The van der Waals surface area contributed by atoms with Crippen LogP contribution in [0.15, 0.2) is 36.0 Å². The Morgan fingerprint density at radius 1 is 1.38 bits per heavy atom. The molecule has 2 rings (SSSR count). The first-order valence-corrected chi connectivity index (χ1v) is 8.19. The molecule has 0 bridgehead atoms. The highest BCUT2D eigenvalue weighted by atomic mass is 35.5. The van der Waals surface area contributed by atoms with E-state index in [0.29, 0.717) is 6.61 Å². The molecule has 0 atom stereocenters. The molecule has 0 radical (unpaired) electrons. The molecular formula is C15H21ClN5O2S-. The van der Waals surface area contributed by atoms with Crippen LogP contribution in [0.2, 0.25) is 0 Å². The number of halogens is 1. The Kier molecular flexibility index (Phi) is 9.21. The summed E-state index contributed by atoms with van der Waals surface area (Å²) in [7, 11) is 3.47. The molecule has 0 saturated heterocycles. The fourth-order valence-corrected chi connectivity index (χ4v) is 2.63. The van der Waals surface area contributed by atoms with Gasteiger partial charge in [0.2, 0.25) is 5.16 Å². The minimum absolute atomic E-state index is 0. The first-order chi connectivity index (χ1) is 11.2. The summed E-state index contributed by atoms with van der Waals surface area (Å²) >= 11 is 1.62. The first kappa shape index (κ1) is 20.3. The lowest BCUT2D eigenvalue weighted by Crippen LogP contribution is -3.00. The Hall–Kier alpha value is -1.77. The maximum absolute atomic E-state index is 5.54. The Morgan fingerprint density at radius 2 is 2.21 bits per heavy atom. The van der Waals surface area contributed by atoms with E-state index in [-0.39, 0.29) is 12.4 Å². The summed E-state index contributed by atoms with van der Waals surface area (Å²) in [5.41, 5.74) is 1.14. The van der Waals surface area contributed by atoms with Gasteiger partial charge in [0, 0.05) is 25.9 Å². The van der Waals surface area contributed by atoms with Crippen LogP contribution in [-0.2, 0) is 13.6 Å². The van der Waals surface area contributed by atoms with E-state index in [1.807, 2.05) is 25.2 Å². The quantitative estimate of drug-likeness (QED) is 0.315. The van der Waals surface area contributed by atoms with E-state index < -0.39 is 0 Å². The molecule has 1 heterocycles. The van der Waals surface area contributed by atoms with Crippen LogP contribution in [0.25, 0.3) is 0 Å². The highest BCUT2D eigenvalue weighted by Gasteiger charge is 2.06. The average Bonchev–Trinajstić information content (AvgIpc) is 2.98. The molecule has 0 aliphatic heterocycles. The summed E-state index contributed by atoms with van der Waals surface area (Å²) in [4.78, 5) is 0. The van der Waals surface area contributed by atoms with Gasteiger partial charge in [-0.2, -0.15) is 0 Å². The zero-order valence-electron chi connectivity index (χ0n) is 13.7. The third kappa shape index (κ3) is 6.03. The smallest absolute Gasteiger partial charge is 0.209 e. The molecule has 0 unspecified atom stereocenters. The lowest BCUT2D eigenvalue weighted by Gasteiger charge is -2.11. The van der Waals surface area contributed by atoms with Gasteiger partial charge < -0.3 is 27.2 Å². The number of nitrogens with one attached hydrogen (secondary N) is 1. The molecule has 0 fully saturated rings. The fourth-order valence-electron chi connectivity index (χ4n) is 1.88. The molecule has 1 N–H and O–H groups in total. The Balaban J connectivity index is 0.00000288. The molecule has 0 aliphatic carbocycles. The number of aromatic nitrogens is 4. The van der Waals surface area contributed by atoms with E-state index in [0.717, 1.165) is 41.1 Å². The summed E-state index contributed by atoms with van der Waals surface area (Å²) in [6.07, 6.45) is 1.71. The van der Waals surface area contributed by atoms with Gasteiger partial charge in [0.15, 0.2) is 11.5 Å². The van der Waals surface area contributed by atoms with Gasteiger partial charge in [0.25, 0.3) is 0 Å². The second-order valence-corrected chi connectivity index (χ2v) is 5.76. The van der Waals surface area contributed by atoms with Crippen LogP contribution < -0.4 is 27.2 Å². The molecule has 132 valence electrons. The number of hydrogen-bond acceptors (Lipinski definition) is 7. The molecule has 0 spiro atoms. The van der Waals surface area contributed by atoms with Crippen molar-refractivity contribution in [2.45, 2.75) is 11.7 Å². The lowest BCUT2D eigenvalue weighted by atomic mass is 10.2. The van der Waals surface area contributed by atoms with E-state index in [4.69, 9.17) is 9.47 Å². The van der Waals surface area contributed by atoms with Gasteiger partial charge in [-0.05, 0) is 28.1 Å². The standard InChI is InChI=1S/C15H21N5O2S.ClH/c1-4-8-22-13-6-5-12(10-14(13)21-3)11-16-7-9-23-15-17-18-19-20(15)2;/h4-6,10,16H,1,7-9,11H2,2-3H3;1H/p-1. The molecule has 24 heavy (non-hydrogen) atoms. The molecule has 0 saturated carbocycles. The van der Waals surface area contributed by atoms with Gasteiger partial charge in [-0.25, -0.2) is 4.68 Å². The van der Waals surface area contributed by atoms with Gasteiger partial charge in [0.1, 0.15) is 6.61 Å². The van der Waals surface area contributed by atoms with Gasteiger partial charge in [-0.1, -0.05) is 30.5 Å². The summed E-state index contributed by atoms with van der Waals surface area (Å²) in [6, 6.07) is 5.91. The van der Waals surface area contributed by atoms with Crippen LogP contribution in [0.4, 0.5) is 0 Å². The minimum Gasteiger partial charge on any atom is -1.00 e. The monoisotopic (exact) mass is 370 g/mol. The van der Waals surface area contributed by atoms with Crippen molar-refractivity contribution in [3.8, 4) is 11.5 Å². The summed E-state index contributed by atoms with van der Waals surface area (Å²) in [5, 5.41) is 15.5. The van der Waals surface area contributed by atoms with Crippen molar-refractivity contribution in [2.24, 2.45) is 7.05 Å². The SMILES string of the molecule is C=CCOc1ccc(CNCCSc2nnnn2C)cc1OC.[Cl-]. The average molecular weight is 371 g/mol. The molecule has 1 aromatic carbocycles. The fraction of sp³-hybridized carbons (Fsp3) is 0.400. The molecule has 1 aromatic heterocycles. The van der Waals surface area contributed by atoms with Crippen molar-refractivity contribution in [1.82, 2.24) is 25.5 Å². The van der Waals surface area contributed by atoms with Crippen LogP contribution in [0.1, 0.15) is 5.56 Å². The van der Waals surface area contributed by atoms with Gasteiger partial charge in [-0.3, -0.25) is 0 Å². The zero-order valence-corrected chi connectivity index (χ0v) is 15.3. The van der Waals surface area contributed by atoms with E-state index >= 15 is 0 Å². The lowest BCUT2D eigenvalue weighted by molar-refractivity contribution is -0.00000557. The summed E-state index contributed by atoms with van der Waals surface area (Å²) in [6.45, 7) is 5.71. The van der Waals surface area contributed by atoms with Crippen molar-refractivity contribution >= 4 is 11.8 Å². The van der Waals surface area contributed by atoms with Crippen LogP contribution in [-0.4, -0.2) is 46.2 Å².